The molecule has 5 nitrogen and oxygen atoms in total. The average Bonchev–Trinajstić information content (AvgIpc) is 2.71. The molecule has 0 spiro atoms. The van der Waals surface area contributed by atoms with Crippen LogP contribution in [0, 0.1) is 0 Å². The molecule has 2 rings (SSSR count). The van der Waals surface area contributed by atoms with Crippen LogP contribution in [0.15, 0.2) is 71.7 Å². The van der Waals surface area contributed by atoms with E-state index in [-0.39, 0.29) is 13.2 Å². The van der Waals surface area contributed by atoms with Crippen LogP contribution in [0.3, 0.4) is 0 Å². The highest BCUT2D eigenvalue weighted by molar-refractivity contribution is 7.98. The molecule has 0 saturated carbocycles. The Kier molecular flexibility index (Phi) is 8.09. The summed E-state index contributed by atoms with van der Waals surface area (Å²) >= 11 is 1.50. The standard InChI is InChI=1S/C23H24O5S/c1-15(2)22(24)27-13-12-26-19-9-6-17(7-10-19)18-8-11-20(21(14-18)29-5)28-23(25)16(3)4/h6-11,14H,1,3,12-13H2,2,4-5H3. The number of carbonyl (C=O) groups is 2. The highest BCUT2D eigenvalue weighted by Crippen LogP contribution is 2.33. The molecule has 0 N–H and O–H groups in total. The SMILES string of the molecule is C=C(C)C(=O)OCCOc1ccc(-c2ccc(OC(=O)C(=C)C)c(SC)c2)cc1. The number of rotatable bonds is 9. The van der Waals surface area contributed by atoms with Crippen LogP contribution in [0.25, 0.3) is 11.1 Å². The quantitative estimate of drug-likeness (QED) is 0.189. The minimum atomic E-state index is -0.441. The zero-order chi connectivity index (χ0) is 21.4. The molecule has 0 amide bonds. The molecule has 0 aromatic heterocycles. The molecular formula is C23H24O5S. The third-order valence-electron chi connectivity index (χ3n) is 3.84. The van der Waals surface area contributed by atoms with E-state index in [0.717, 1.165) is 16.0 Å². The summed E-state index contributed by atoms with van der Waals surface area (Å²) in [5.74, 6) is 0.324. The first-order valence-electron chi connectivity index (χ1n) is 8.93. The smallest absolute Gasteiger partial charge is 0.338 e. The fraction of sp³-hybridized carbons (Fsp3) is 0.217. The summed E-state index contributed by atoms with van der Waals surface area (Å²) in [4.78, 5) is 23.9. The molecule has 0 fully saturated rings. The topological polar surface area (TPSA) is 61.8 Å². The number of hydrogen-bond donors (Lipinski definition) is 0. The Bertz CT molecular complexity index is 915. The van der Waals surface area contributed by atoms with Crippen LogP contribution in [-0.2, 0) is 14.3 Å². The first kappa shape index (κ1) is 22.3. The second-order valence-corrected chi connectivity index (χ2v) is 7.17. The van der Waals surface area contributed by atoms with E-state index in [9.17, 15) is 9.59 Å². The summed E-state index contributed by atoms with van der Waals surface area (Å²) in [6.45, 7) is 10.8. The van der Waals surface area contributed by atoms with Crippen molar-refractivity contribution >= 4 is 23.7 Å². The molecule has 0 heterocycles. The molecule has 0 saturated heterocycles. The van der Waals surface area contributed by atoms with Gasteiger partial charge in [-0.3, -0.25) is 0 Å². The van der Waals surface area contributed by atoms with Gasteiger partial charge in [-0.1, -0.05) is 31.4 Å². The van der Waals surface area contributed by atoms with Gasteiger partial charge < -0.3 is 14.2 Å². The Morgan fingerprint density at radius 1 is 0.897 bits per heavy atom. The Labute approximate surface area is 175 Å². The van der Waals surface area contributed by atoms with Crippen molar-refractivity contribution in [1.29, 1.82) is 0 Å². The monoisotopic (exact) mass is 412 g/mol. The second kappa shape index (κ2) is 10.5. The number of benzene rings is 2. The van der Waals surface area contributed by atoms with Gasteiger partial charge in [-0.25, -0.2) is 9.59 Å². The van der Waals surface area contributed by atoms with E-state index in [4.69, 9.17) is 14.2 Å². The fourth-order valence-electron chi connectivity index (χ4n) is 2.28. The molecule has 152 valence electrons. The van der Waals surface area contributed by atoms with Gasteiger partial charge in [0.05, 0.1) is 4.90 Å². The summed E-state index contributed by atoms with van der Waals surface area (Å²) in [6, 6.07) is 13.2. The number of carbonyl (C=O) groups excluding carboxylic acids is 2. The van der Waals surface area contributed by atoms with Crippen molar-refractivity contribution in [2.45, 2.75) is 18.7 Å². The average molecular weight is 413 g/mol. The van der Waals surface area contributed by atoms with Crippen molar-refractivity contribution in [3.8, 4) is 22.6 Å². The van der Waals surface area contributed by atoms with E-state index in [2.05, 4.69) is 13.2 Å². The lowest BCUT2D eigenvalue weighted by Crippen LogP contribution is -2.12. The van der Waals surface area contributed by atoms with Gasteiger partial charge >= 0.3 is 11.9 Å². The van der Waals surface area contributed by atoms with Crippen molar-refractivity contribution in [3.63, 3.8) is 0 Å². The number of ether oxygens (including phenoxy) is 3. The molecular weight excluding hydrogens is 388 g/mol. The first-order valence-corrected chi connectivity index (χ1v) is 10.2. The lowest BCUT2D eigenvalue weighted by molar-refractivity contribution is -0.139. The minimum absolute atomic E-state index is 0.162. The first-order chi connectivity index (χ1) is 13.8. The Balaban J connectivity index is 2.01. The largest absolute Gasteiger partial charge is 0.490 e. The van der Waals surface area contributed by atoms with Gasteiger partial charge in [-0.2, -0.15) is 0 Å². The molecule has 0 bridgehead atoms. The number of hydrogen-bond acceptors (Lipinski definition) is 6. The van der Waals surface area contributed by atoms with Gasteiger partial charge in [-0.05, 0) is 55.5 Å². The maximum Gasteiger partial charge on any atom is 0.338 e. The zero-order valence-corrected chi connectivity index (χ0v) is 17.6. The Morgan fingerprint density at radius 3 is 2.10 bits per heavy atom. The Morgan fingerprint density at radius 2 is 1.52 bits per heavy atom. The molecule has 0 radical (unpaired) electrons. The molecule has 2 aromatic rings. The van der Waals surface area contributed by atoms with E-state index in [1.54, 1.807) is 19.9 Å². The van der Waals surface area contributed by atoms with E-state index in [1.165, 1.54) is 11.8 Å². The van der Waals surface area contributed by atoms with E-state index in [1.807, 2.05) is 42.7 Å². The van der Waals surface area contributed by atoms with Gasteiger partial charge in [-0.15, -0.1) is 11.8 Å². The molecule has 0 aliphatic rings. The normalized spacial score (nSPS) is 10.2. The summed E-state index contributed by atoms with van der Waals surface area (Å²) < 4.78 is 15.9. The van der Waals surface area contributed by atoms with Crippen LogP contribution in [0.5, 0.6) is 11.5 Å². The minimum Gasteiger partial charge on any atom is -0.490 e. The predicted molar refractivity (Wildman–Crippen MR) is 115 cm³/mol. The Hall–Kier alpha value is -2.99. The number of esters is 2. The highest BCUT2D eigenvalue weighted by Gasteiger charge is 2.11. The van der Waals surface area contributed by atoms with Crippen molar-refractivity contribution in [2.24, 2.45) is 0 Å². The molecule has 0 atom stereocenters. The summed E-state index contributed by atoms with van der Waals surface area (Å²) in [5, 5.41) is 0. The fourth-order valence-corrected chi connectivity index (χ4v) is 2.83. The highest BCUT2D eigenvalue weighted by atomic mass is 32.2. The van der Waals surface area contributed by atoms with Crippen LogP contribution in [-0.4, -0.2) is 31.4 Å². The molecule has 0 unspecified atom stereocenters. The van der Waals surface area contributed by atoms with Gasteiger partial charge in [0.15, 0.2) is 0 Å². The predicted octanol–water partition coefficient (Wildman–Crippen LogP) is 5.06. The maximum absolute atomic E-state index is 11.8. The van der Waals surface area contributed by atoms with Gasteiger partial charge in [0.1, 0.15) is 24.7 Å². The molecule has 0 aliphatic carbocycles. The zero-order valence-electron chi connectivity index (χ0n) is 16.8. The van der Waals surface area contributed by atoms with Crippen LogP contribution < -0.4 is 9.47 Å². The summed E-state index contributed by atoms with van der Waals surface area (Å²) in [7, 11) is 0. The van der Waals surface area contributed by atoms with Crippen molar-refractivity contribution in [3.05, 3.63) is 66.8 Å². The van der Waals surface area contributed by atoms with Crippen LogP contribution in [0.2, 0.25) is 0 Å². The third-order valence-corrected chi connectivity index (χ3v) is 4.59. The summed E-state index contributed by atoms with van der Waals surface area (Å²) in [6.07, 6.45) is 1.93. The maximum atomic E-state index is 11.8. The van der Waals surface area contributed by atoms with E-state index < -0.39 is 11.9 Å². The lowest BCUT2D eigenvalue weighted by atomic mass is 10.1. The van der Waals surface area contributed by atoms with Gasteiger partial charge in [0.2, 0.25) is 0 Å². The number of thioether (sulfide) groups is 1. The van der Waals surface area contributed by atoms with Crippen molar-refractivity contribution in [2.75, 3.05) is 19.5 Å². The van der Waals surface area contributed by atoms with Crippen LogP contribution >= 0.6 is 11.8 Å². The van der Waals surface area contributed by atoms with Crippen molar-refractivity contribution < 1.29 is 23.8 Å². The molecule has 6 heteroatoms. The van der Waals surface area contributed by atoms with Gasteiger partial charge in [0.25, 0.3) is 0 Å². The molecule has 29 heavy (non-hydrogen) atoms. The van der Waals surface area contributed by atoms with Gasteiger partial charge in [0, 0.05) is 11.1 Å². The van der Waals surface area contributed by atoms with Crippen LogP contribution in [0.4, 0.5) is 0 Å². The third kappa shape index (κ3) is 6.54. The van der Waals surface area contributed by atoms with E-state index >= 15 is 0 Å². The van der Waals surface area contributed by atoms with E-state index in [0.29, 0.717) is 22.6 Å². The van der Waals surface area contributed by atoms with Crippen LogP contribution in [0.1, 0.15) is 13.8 Å². The van der Waals surface area contributed by atoms with Crippen molar-refractivity contribution in [1.82, 2.24) is 0 Å². The summed E-state index contributed by atoms with van der Waals surface area (Å²) in [5.41, 5.74) is 2.70. The molecule has 0 aliphatic heterocycles. The molecule has 2 aromatic carbocycles. The second-order valence-electron chi connectivity index (χ2n) is 6.32. The lowest BCUT2D eigenvalue weighted by Gasteiger charge is -2.11.